The van der Waals surface area contributed by atoms with Crippen LogP contribution in [0.2, 0.25) is 5.02 Å². The van der Waals surface area contributed by atoms with Gasteiger partial charge in [0.1, 0.15) is 5.75 Å². The van der Waals surface area contributed by atoms with Crippen molar-refractivity contribution in [3.05, 3.63) is 98.6 Å². The van der Waals surface area contributed by atoms with E-state index in [4.69, 9.17) is 11.6 Å². The third-order valence-corrected chi connectivity index (χ3v) is 4.46. The first kappa shape index (κ1) is 19.1. The number of nitro groups is 1. The Morgan fingerprint density at radius 2 is 1.89 bits per heavy atom. The van der Waals surface area contributed by atoms with Crippen molar-refractivity contribution in [3.63, 3.8) is 0 Å². The second-order valence-corrected chi connectivity index (χ2v) is 6.34. The third kappa shape index (κ3) is 4.17. The van der Waals surface area contributed by atoms with E-state index in [1.807, 2.05) is 30.3 Å². The molecule has 7 heteroatoms. The van der Waals surface area contributed by atoms with E-state index in [1.165, 1.54) is 24.4 Å². The number of nitro benzene ring substituents is 1. The van der Waals surface area contributed by atoms with Crippen LogP contribution >= 0.6 is 11.6 Å². The van der Waals surface area contributed by atoms with Gasteiger partial charge in [-0.15, -0.1) is 0 Å². The summed E-state index contributed by atoms with van der Waals surface area (Å²) in [7, 11) is 0. The fraction of sp³-hybridized carbons (Fsp3) is 0.0476. The minimum Gasteiger partial charge on any atom is -0.507 e. The molecule has 0 saturated heterocycles. The molecular formula is C21H14ClN3O3. The molecule has 6 nitrogen and oxygen atoms in total. The van der Waals surface area contributed by atoms with Crippen molar-refractivity contribution in [1.82, 2.24) is 0 Å². The molecule has 0 fully saturated rings. The van der Waals surface area contributed by atoms with E-state index < -0.39 is 10.8 Å². The molecule has 138 valence electrons. The molecule has 3 aromatic carbocycles. The normalized spacial score (nSPS) is 11.9. The van der Waals surface area contributed by atoms with Crippen LogP contribution in [0, 0.1) is 21.4 Å². The molecule has 0 bridgehead atoms. The minimum atomic E-state index is -0.548. The van der Waals surface area contributed by atoms with Gasteiger partial charge in [0.05, 0.1) is 22.6 Å². The number of nitriles is 1. The first-order valence-corrected chi connectivity index (χ1v) is 8.63. The molecule has 0 spiro atoms. The van der Waals surface area contributed by atoms with Gasteiger partial charge in [0, 0.05) is 28.9 Å². The molecule has 1 atom stereocenters. The van der Waals surface area contributed by atoms with Crippen molar-refractivity contribution in [2.45, 2.75) is 5.92 Å². The zero-order valence-corrected chi connectivity index (χ0v) is 15.2. The molecule has 0 saturated carbocycles. The zero-order chi connectivity index (χ0) is 20.1. The molecule has 0 unspecified atom stereocenters. The number of hydrogen-bond donors (Lipinski definition) is 1. The lowest BCUT2D eigenvalue weighted by atomic mass is 9.92. The van der Waals surface area contributed by atoms with Gasteiger partial charge in [-0.1, -0.05) is 48.0 Å². The van der Waals surface area contributed by atoms with Crippen LogP contribution in [0.15, 0.2) is 71.7 Å². The van der Waals surface area contributed by atoms with Gasteiger partial charge in [-0.05, 0) is 29.3 Å². The summed E-state index contributed by atoms with van der Waals surface area (Å²) in [5.74, 6) is -0.627. The fourth-order valence-electron chi connectivity index (χ4n) is 2.70. The van der Waals surface area contributed by atoms with E-state index >= 15 is 0 Å². The Bertz CT molecular complexity index is 1090. The van der Waals surface area contributed by atoms with Crippen LogP contribution in [0.4, 0.5) is 11.4 Å². The number of halogens is 1. The molecule has 3 aromatic rings. The smallest absolute Gasteiger partial charge is 0.270 e. The maximum Gasteiger partial charge on any atom is 0.270 e. The summed E-state index contributed by atoms with van der Waals surface area (Å²) in [6.45, 7) is 0. The summed E-state index contributed by atoms with van der Waals surface area (Å²) in [5.41, 5.74) is 2.06. The van der Waals surface area contributed by atoms with Gasteiger partial charge in [0.2, 0.25) is 0 Å². The van der Waals surface area contributed by atoms with Gasteiger partial charge >= 0.3 is 0 Å². The topological polar surface area (TPSA) is 99.5 Å². The second-order valence-electron chi connectivity index (χ2n) is 5.94. The quantitative estimate of drug-likeness (QED) is 0.359. The predicted octanol–water partition coefficient (Wildman–Crippen LogP) is 5.36. The molecule has 0 heterocycles. The lowest BCUT2D eigenvalue weighted by Gasteiger charge is -2.12. The lowest BCUT2D eigenvalue weighted by molar-refractivity contribution is -0.384. The molecule has 1 N–H and O–H groups in total. The number of phenolic OH excluding ortho intramolecular Hbond substituents is 1. The molecule has 0 radical (unpaired) electrons. The van der Waals surface area contributed by atoms with Gasteiger partial charge < -0.3 is 5.11 Å². The summed E-state index contributed by atoms with van der Waals surface area (Å²) >= 11 is 6.37. The highest BCUT2D eigenvalue weighted by Gasteiger charge is 2.16. The average Bonchev–Trinajstić information content (AvgIpc) is 2.70. The Morgan fingerprint density at radius 1 is 1.14 bits per heavy atom. The van der Waals surface area contributed by atoms with Gasteiger partial charge in [0.25, 0.3) is 5.69 Å². The number of non-ortho nitro benzene ring substituents is 1. The van der Waals surface area contributed by atoms with E-state index in [-0.39, 0.29) is 17.0 Å². The van der Waals surface area contributed by atoms with E-state index in [2.05, 4.69) is 11.1 Å². The summed E-state index contributed by atoms with van der Waals surface area (Å²) < 4.78 is 0. The summed E-state index contributed by atoms with van der Waals surface area (Å²) in [6, 6.07) is 20.3. The first-order chi connectivity index (χ1) is 13.5. The Hall–Kier alpha value is -3.69. The first-order valence-electron chi connectivity index (χ1n) is 8.25. The van der Waals surface area contributed by atoms with Crippen LogP contribution in [0.25, 0.3) is 0 Å². The van der Waals surface area contributed by atoms with Crippen molar-refractivity contribution >= 4 is 29.2 Å². The number of phenols is 1. The number of benzene rings is 3. The number of hydrogen-bond acceptors (Lipinski definition) is 5. The maximum absolute atomic E-state index is 10.9. The van der Waals surface area contributed by atoms with E-state index in [1.54, 1.807) is 18.2 Å². The van der Waals surface area contributed by atoms with Gasteiger partial charge in [-0.25, -0.2) is 0 Å². The Labute approximate surface area is 166 Å². The fourth-order valence-corrected chi connectivity index (χ4v) is 2.99. The summed E-state index contributed by atoms with van der Waals surface area (Å²) in [5, 5.41) is 30.7. The molecule has 0 amide bonds. The number of nitrogens with zero attached hydrogens (tertiary/aromatic N) is 3. The molecule has 0 aliphatic heterocycles. The highest BCUT2D eigenvalue weighted by Crippen LogP contribution is 2.32. The molecular weight excluding hydrogens is 378 g/mol. The molecule has 0 aliphatic rings. The highest BCUT2D eigenvalue weighted by molar-refractivity contribution is 6.31. The summed E-state index contributed by atoms with van der Waals surface area (Å²) in [4.78, 5) is 14.5. The number of rotatable bonds is 5. The minimum absolute atomic E-state index is 0.120. The largest absolute Gasteiger partial charge is 0.507 e. The summed E-state index contributed by atoms with van der Waals surface area (Å²) in [6.07, 6.45) is 1.33. The van der Waals surface area contributed by atoms with E-state index in [0.29, 0.717) is 16.3 Å². The van der Waals surface area contributed by atoms with E-state index in [9.17, 15) is 20.5 Å². The van der Waals surface area contributed by atoms with Crippen molar-refractivity contribution in [3.8, 4) is 11.8 Å². The maximum atomic E-state index is 10.9. The SMILES string of the molecule is N#C[C@H](c1ccccc1)c1ccc(N=Cc2cc([N+](=O)[O-])ccc2O)cc1Cl. The van der Waals surface area contributed by atoms with Gasteiger partial charge in [-0.3, -0.25) is 15.1 Å². The Morgan fingerprint density at radius 3 is 2.54 bits per heavy atom. The number of aliphatic imine (C=N–C) groups is 1. The second kappa shape index (κ2) is 8.33. The standard InChI is InChI=1S/C21H14ClN3O3/c22-20-11-16(24-13-15-10-17(25(27)28)7-9-21(15)26)6-8-18(20)19(12-23)14-4-2-1-3-5-14/h1-11,13,19,26H/t19-/m1/s1. The Balaban J connectivity index is 1.89. The van der Waals surface area contributed by atoms with E-state index in [0.717, 1.165) is 5.56 Å². The van der Waals surface area contributed by atoms with Crippen molar-refractivity contribution in [1.29, 1.82) is 5.26 Å². The molecule has 0 aromatic heterocycles. The van der Waals surface area contributed by atoms with Crippen LogP contribution in [0.1, 0.15) is 22.6 Å². The lowest BCUT2D eigenvalue weighted by Crippen LogP contribution is -1.98. The highest BCUT2D eigenvalue weighted by atomic mass is 35.5. The van der Waals surface area contributed by atoms with Crippen LogP contribution in [-0.4, -0.2) is 16.2 Å². The van der Waals surface area contributed by atoms with Crippen molar-refractivity contribution < 1.29 is 10.0 Å². The predicted molar refractivity (Wildman–Crippen MR) is 107 cm³/mol. The number of aromatic hydroxyl groups is 1. The third-order valence-electron chi connectivity index (χ3n) is 4.13. The van der Waals surface area contributed by atoms with Crippen LogP contribution in [0.3, 0.4) is 0 Å². The van der Waals surface area contributed by atoms with Crippen molar-refractivity contribution in [2.75, 3.05) is 0 Å². The molecule has 0 aliphatic carbocycles. The van der Waals surface area contributed by atoms with Crippen molar-refractivity contribution in [2.24, 2.45) is 4.99 Å². The van der Waals surface area contributed by atoms with Crippen LogP contribution < -0.4 is 0 Å². The van der Waals surface area contributed by atoms with Gasteiger partial charge in [0.15, 0.2) is 0 Å². The average molecular weight is 392 g/mol. The van der Waals surface area contributed by atoms with Gasteiger partial charge in [-0.2, -0.15) is 5.26 Å². The Kier molecular flexibility index (Phi) is 5.68. The molecule has 3 rings (SSSR count). The monoisotopic (exact) mass is 391 g/mol. The molecule has 28 heavy (non-hydrogen) atoms. The van der Waals surface area contributed by atoms with Crippen LogP contribution in [0.5, 0.6) is 5.75 Å². The van der Waals surface area contributed by atoms with Crippen LogP contribution in [-0.2, 0) is 0 Å². The zero-order valence-electron chi connectivity index (χ0n) is 14.5.